The summed E-state index contributed by atoms with van der Waals surface area (Å²) < 4.78 is 27.8. The Morgan fingerprint density at radius 2 is 1.96 bits per heavy atom. The number of benzene rings is 1. The molecule has 1 aromatic carbocycles. The number of rotatable bonds is 7. The van der Waals surface area contributed by atoms with E-state index in [0.717, 1.165) is 12.1 Å². The molecule has 0 N–H and O–H groups in total. The van der Waals surface area contributed by atoms with Crippen molar-refractivity contribution in [2.75, 3.05) is 35.3 Å². The van der Waals surface area contributed by atoms with Crippen molar-refractivity contribution in [3.8, 4) is 0 Å². The van der Waals surface area contributed by atoms with Crippen LogP contribution in [0.3, 0.4) is 0 Å². The van der Waals surface area contributed by atoms with Crippen LogP contribution < -0.4 is 4.90 Å². The highest BCUT2D eigenvalue weighted by Crippen LogP contribution is 2.24. The van der Waals surface area contributed by atoms with E-state index in [1.807, 2.05) is 0 Å². The predicted molar refractivity (Wildman–Crippen MR) is 103 cm³/mol. The number of carbonyl (C=O) groups excluding carboxylic acids is 3. The maximum absolute atomic E-state index is 12.1. The van der Waals surface area contributed by atoms with E-state index in [0.29, 0.717) is 24.9 Å². The van der Waals surface area contributed by atoms with Crippen molar-refractivity contribution in [1.82, 2.24) is 0 Å². The summed E-state index contributed by atoms with van der Waals surface area (Å²) in [6, 6.07) is 6.67. The maximum Gasteiger partial charge on any atom is 0.316 e. The van der Waals surface area contributed by atoms with Crippen LogP contribution in [0, 0.1) is 0 Å². The van der Waals surface area contributed by atoms with E-state index in [2.05, 4.69) is 0 Å². The van der Waals surface area contributed by atoms with Gasteiger partial charge >= 0.3 is 5.97 Å². The molecule has 7 nitrogen and oxygen atoms in total. The van der Waals surface area contributed by atoms with Gasteiger partial charge in [0.05, 0.1) is 17.3 Å². The second kappa shape index (κ2) is 8.43. The topological polar surface area (TPSA) is 97.8 Å². The monoisotopic (exact) mass is 411 g/mol. The predicted octanol–water partition coefficient (Wildman–Crippen LogP) is 1.46. The van der Waals surface area contributed by atoms with E-state index in [1.54, 1.807) is 29.2 Å². The number of carbonyl (C=O) groups is 3. The number of sulfone groups is 1. The number of ketones is 1. The van der Waals surface area contributed by atoms with Crippen LogP contribution in [0.4, 0.5) is 5.69 Å². The lowest BCUT2D eigenvalue weighted by Crippen LogP contribution is -2.23. The molecule has 9 heteroatoms. The number of amides is 1. The van der Waals surface area contributed by atoms with Gasteiger partial charge in [0.15, 0.2) is 22.2 Å². The fraction of sp³-hybridized carbons (Fsp3) is 0.500. The minimum absolute atomic E-state index is 0.0312. The standard InChI is InChI=1S/C18H21NO6S2/c20-16(10-25-18(22)11-26-15-7-9-27(23,24)12-15)13-3-5-14(6-4-13)19-8-1-2-17(19)21/h3-6,15H,1-2,7-12H2/t15-/m0/s1. The number of hydrogen-bond donors (Lipinski definition) is 0. The van der Waals surface area contributed by atoms with Gasteiger partial charge in [0.25, 0.3) is 0 Å². The van der Waals surface area contributed by atoms with Crippen LogP contribution in [0.2, 0.25) is 0 Å². The highest BCUT2D eigenvalue weighted by molar-refractivity contribution is 8.02. The van der Waals surface area contributed by atoms with Gasteiger partial charge < -0.3 is 9.64 Å². The molecule has 0 aliphatic carbocycles. The highest BCUT2D eigenvalue weighted by Gasteiger charge is 2.28. The molecule has 3 rings (SSSR count). The van der Waals surface area contributed by atoms with Gasteiger partial charge in [-0.2, -0.15) is 0 Å². The van der Waals surface area contributed by atoms with Gasteiger partial charge in [-0.3, -0.25) is 14.4 Å². The molecule has 2 heterocycles. The summed E-state index contributed by atoms with van der Waals surface area (Å²) in [5.74, 6) is -0.486. The molecule has 146 valence electrons. The number of ether oxygens (including phenoxy) is 1. The van der Waals surface area contributed by atoms with E-state index in [-0.39, 0.29) is 40.8 Å². The fourth-order valence-electron chi connectivity index (χ4n) is 3.10. The summed E-state index contributed by atoms with van der Waals surface area (Å²) in [7, 11) is -2.97. The third kappa shape index (κ3) is 5.32. The smallest absolute Gasteiger partial charge is 0.316 e. The van der Waals surface area contributed by atoms with E-state index >= 15 is 0 Å². The van der Waals surface area contributed by atoms with Crippen molar-refractivity contribution in [1.29, 1.82) is 0 Å². The first-order valence-corrected chi connectivity index (χ1v) is 11.6. The number of anilines is 1. The Morgan fingerprint density at radius 3 is 2.56 bits per heavy atom. The van der Waals surface area contributed by atoms with Gasteiger partial charge in [-0.15, -0.1) is 11.8 Å². The summed E-state index contributed by atoms with van der Waals surface area (Å²) in [5.41, 5.74) is 1.17. The quantitative estimate of drug-likeness (QED) is 0.495. The molecular weight excluding hydrogens is 390 g/mol. The fourth-order valence-corrected chi connectivity index (χ4v) is 6.54. The Hall–Kier alpha value is -1.87. The Morgan fingerprint density at radius 1 is 1.22 bits per heavy atom. The highest BCUT2D eigenvalue weighted by atomic mass is 32.2. The van der Waals surface area contributed by atoms with Crippen molar-refractivity contribution in [3.63, 3.8) is 0 Å². The Labute approximate surface area is 162 Å². The zero-order valence-electron chi connectivity index (χ0n) is 14.8. The van der Waals surface area contributed by atoms with Crippen LogP contribution in [0.15, 0.2) is 24.3 Å². The lowest BCUT2D eigenvalue weighted by atomic mass is 10.1. The second-order valence-electron chi connectivity index (χ2n) is 6.62. The molecule has 1 atom stereocenters. The Bertz CT molecular complexity index is 834. The lowest BCUT2D eigenvalue weighted by Gasteiger charge is -2.15. The normalized spacial score (nSPS) is 21.4. The number of nitrogens with zero attached hydrogens (tertiary/aromatic N) is 1. The first kappa shape index (κ1) is 19.9. The molecule has 0 bridgehead atoms. The molecular formula is C18H21NO6S2. The molecule has 27 heavy (non-hydrogen) atoms. The number of thioether (sulfide) groups is 1. The van der Waals surface area contributed by atoms with Gasteiger partial charge in [-0.05, 0) is 37.1 Å². The minimum atomic E-state index is -2.97. The summed E-state index contributed by atoms with van der Waals surface area (Å²) in [6.07, 6.45) is 1.92. The molecule has 0 spiro atoms. The van der Waals surface area contributed by atoms with Crippen LogP contribution in [0.1, 0.15) is 29.6 Å². The second-order valence-corrected chi connectivity index (χ2v) is 10.1. The molecule has 1 aromatic rings. The van der Waals surface area contributed by atoms with E-state index in [1.165, 1.54) is 11.8 Å². The summed E-state index contributed by atoms with van der Waals surface area (Å²) in [5, 5.41) is -0.0842. The van der Waals surface area contributed by atoms with Gasteiger partial charge in [0, 0.05) is 29.5 Å². The average molecular weight is 412 g/mol. The number of hydrogen-bond acceptors (Lipinski definition) is 7. The van der Waals surface area contributed by atoms with Gasteiger partial charge in [0.1, 0.15) is 0 Å². The third-order valence-electron chi connectivity index (χ3n) is 4.57. The molecule has 0 radical (unpaired) electrons. The van der Waals surface area contributed by atoms with Crippen molar-refractivity contribution >= 4 is 44.9 Å². The first-order chi connectivity index (χ1) is 12.8. The average Bonchev–Trinajstić information content (AvgIpc) is 3.22. The van der Waals surface area contributed by atoms with Crippen molar-refractivity contribution in [2.24, 2.45) is 0 Å². The largest absolute Gasteiger partial charge is 0.457 e. The van der Waals surface area contributed by atoms with Crippen molar-refractivity contribution in [2.45, 2.75) is 24.5 Å². The van der Waals surface area contributed by atoms with E-state index in [4.69, 9.17) is 4.74 Å². The zero-order chi connectivity index (χ0) is 19.4. The number of esters is 1. The number of Topliss-reactive ketones (excluding diaryl/α,β-unsaturated/α-hetero) is 1. The molecule has 0 saturated carbocycles. The van der Waals surface area contributed by atoms with E-state index < -0.39 is 15.8 Å². The van der Waals surface area contributed by atoms with Crippen molar-refractivity contribution in [3.05, 3.63) is 29.8 Å². The van der Waals surface area contributed by atoms with Gasteiger partial charge in [-0.25, -0.2) is 8.42 Å². The van der Waals surface area contributed by atoms with Crippen molar-refractivity contribution < 1.29 is 27.5 Å². The van der Waals surface area contributed by atoms with Crippen LogP contribution >= 0.6 is 11.8 Å². The van der Waals surface area contributed by atoms with E-state index in [9.17, 15) is 22.8 Å². The molecule has 2 aliphatic heterocycles. The zero-order valence-corrected chi connectivity index (χ0v) is 16.4. The molecule has 0 aromatic heterocycles. The van der Waals surface area contributed by atoms with Crippen LogP contribution in [-0.2, 0) is 24.2 Å². The third-order valence-corrected chi connectivity index (χ3v) is 7.82. The van der Waals surface area contributed by atoms with Crippen LogP contribution in [-0.4, -0.2) is 61.7 Å². The summed E-state index contributed by atoms with van der Waals surface area (Å²) >= 11 is 1.26. The Kier molecular flexibility index (Phi) is 6.21. The maximum atomic E-state index is 12.1. The summed E-state index contributed by atoms with van der Waals surface area (Å²) in [4.78, 5) is 37.3. The summed E-state index contributed by atoms with van der Waals surface area (Å²) in [6.45, 7) is 0.327. The van der Waals surface area contributed by atoms with Crippen LogP contribution in [0.5, 0.6) is 0 Å². The first-order valence-electron chi connectivity index (χ1n) is 8.75. The molecule has 2 fully saturated rings. The molecule has 2 aliphatic rings. The van der Waals surface area contributed by atoms with Gasteiger partial charge in [-0.1, -0.05) is 0 Å². The molecule has 0 unspecified atom stereocenters. The van der Waals surface area contributed by atoms with Crippen LogP contribution in [0.25, 0.3) is 0 Å². The molecule has 2 saturated heterocycles. The lowest BCUT2D eigenvalue weighted by molar-refractivity contribution is -0.139. The Balaban J connectivity index is 1.43. The van der Waals surface area contributed by atoms with Gasteiger partial charge in [0.2, 0.25) is 5.91 Å². The SMILES string of the molecule is O=C(CS[C@H]1CCS(=O)(=O)C1)OCC(=O)c1ccc(N2CCCC2=O)cc1. The molecule has 1 amide bonds. The minimum Gasteiger partial charge on any atom is -0.457 e.